The van der Waals surface area contributed by atoms with Crippen molar-refractivity contribution >= 4 is 23.2 Å². The van der Waals surface area contributed by atoms with Crippen LogP contribution in [0.1, 0.15) is 18.5 Å². The van der Waals surface area contributed by atoms with Crippen molar-refractivity contribution in [2.75, 3.05) is 26.2 Å². The second-order valence-electron chi connectivity index (χ2n) is 4.62. The molecule has 2 rings (SSSR count). The highest BCUT2D eigenvalue weighted by molar-refractivity contribution is 6.42. The van der Waals surface area contributed by atoms with Crippen LogP contribution in [0.2, 0.25) is 10.0 Å². The molecule has 0 aliphatic carbocycles. The maximum absolute atomic E-state index is 6.06. The molecule has 0 bridgehead atoms. The first-order valence-electron chi connectivity index (χ1n) is 6.40. The van der Waals surface area contributed by atoms with Crippen molar-refractivity contribution in [2.24, 2.45) is 5.84 Å². The molecule has 0 radical (unpaired) electrons. The normalized spacial score (nSPS) is 22.4. The third-order valence-corrected chi connectivity index (χ3v) is 4.22. The third kappa shape index (κ3) is 3.60. The molecule has 1 heterocycles. The van der Waals surface area contributed by atoms with Crippen LogP contribution in [0.4, 0.5) is 0 Å². The molecule has 0 amide bonds. The largest absolute Gasteiger partial charge is 0.374 e. The van der Waals surface area contributed by atoms with Crippen LogP contribution in [-0.2, 0) is 4.74 Å². The number of benzene rings is 1. The zero-order valence-electron chi connectivity index (χ0n) is 10.9. The molecule has 0 saturated carbocycles. The van der Waals surface area contributed by atoms with Crippen LogP contribution in [0, 0.1) is 0 Å². The first-order valence-corrected chi connectivity index (χ1v) is 7.16. The first kappa shape index (κ1) is 15.0. The lowest BCUT2D eigenvalue weighted by molar-refractivity contribution is -0.0456. The minimum Gasteiger partial charge on any atom is -0.374 e. The molecular weight excluding hydrogens is 285 g/mol. The summed E-state index contributed by atoms with van der Waals surface area (Å²) in [6.45, 7) is 5.69. The lowest BCUT2D eigenvalue weighted by Crippen LogP contribution is -2.49. The number of hydrogen-bond acceptors (Lipinski definition) is 4. The fraction of sp³-hybridized carbons (Fsp3) is 0.538. The Hall–Kier alpha value is -0.360. The van der Waals surface area contributed by atoms with Crippen LogP contribution in [0.3, 0.4) is 0 Å². The van der Waals surface area contributed by atoms with E-state index in [2.05, 4.69) is 17.2 Å². The minimum absolute atomic E-state index is 0.0101. The van der Waals surface area contributed by atoms with Crippen LogP contribution in [0.15, 0.2) is 18.2 Å². The van der Waals surface area contributed by atoms with E-state index in [0.29, 0.717) is 10.0 Å². The van der Waals surface area contributed by atoms with Crippen molar-refractivity contribution in [1.82, 2.24) is 10.3 Å². The Balaban J connectivity index is 2.16. The molecule has 1 aliphatic rings. The van der Waals surface area contributed by atoms with Crippen LogP contribution in [0.5, 0.6) is 0 Å². The number of hydrogen-bond donors (Lipinski definition) is 2. The van der Waals surface area contributed by atoms with Crippen molar-refractivity contribution in [3.05, 3.63) is 33.8 Å². The third-order valence-electron chi connectivity index (χ3n) is 3.48. The molecule has 1 aromatic rings. The Morgan fingerprint density at radius 2 is 2.26 bits per heavy atom. The summed E-state index contributed by atoms with van der Waals surface area (Å²) in [6, 6.07) is 5.45. The van der Waals surface area contributed by atoms with Gasteiger partial charge in [-0.1, -0.05) is 36.2 Å². The van der Waals surface area contributed by atoms with Gasteiger partial charge in [0.2, 0.25) is 0 Å². The number of hydrazine groups is 1. The molecule has 1 aliphatic heterocycles. The van der Waals surface area contributed by atoms with Crippen LogP contribution in [0.25, 0.3) is 0 Å². The number of nitrogens with two attached hydrogens (primary N) is 1. The number of morpholine rings is 1. The topological polar surface area (TPSA) is 50.5 Å². The van der Waals surface area contributed by atoms with Crippen LogP contribution in [-0.4, -0.2) is 37.2 Å². The van der Waals surface area contributed by atoms with Crippen molar-refractivity contribution in [3.8, 4) is 0 Å². The van der Waals surface area contributed by atoms with Gasteiger partial charge in [-0.05, 0) is 24.2 Å². The molecule has 1 fully saturated rings. The smallest absolute Gasteiger partial charge is 0.0909 e. The van der Waals surface area contributed by atoms with E-state index in [1.54, 1.807) is 6.07 Å². The molecule has 19 heavy (non-hydrogen) atoms. The summed E-state index contributed by atoms with van der Waals surface area (Å²) in [4.78, 5) is 2.34. The zero-order valence-corrected chi connectivity index (χ0v) is 12.4. The first-order chi connectivity index (χ1) is 9.15. The van der Waals surface area contributed by atoms with Crippen molar-refractivity contribution in [3.63, 3.8) is 0 Å². The monoisotopic (exact) mass is 303 g/mol. The van der Waals surface area contributed by atoms with E-state index in [-0.39, 0.29) is 12.1 Å². The average molecular weight is 304 g/mol. The Bertz CT molecular complexity index is 430. The highest BCUT2D eigenvalue weighted by Gasteiger charge is 2.28. The number of nitrogens with one attached hydrogen (secondary N) is 1. The molecule has 0 aromatic heterocycles. The highest BCUT2D eigenvalue weighted by atomic mass is 35.5. The number of likely N-dealkylation sites (N-methyl/N-ethyl adjacent to an activating group) is 1. The quantitative estimate of drug-likeness (QED) is 0.661. The summed E-state index contributed by atoms with van der Waals surface area (Å²) in [6.07, 6.45) is 0.0101. The molecule has 1 saturated heterocycles. The van der Waals surface area contributed by atoms with Gasteiger partial charge in [-0.3, -0.25) is 16.2 Å². The number of ether oxygens (including phenoxy) is 1. The van der Waals surface area contributed by atoms with E-state index in [1.807, 2.05) is 12.1 Å². The van der Waals surface area contributed by atoms with Crippen LogP contribution < -0.4 is 11.3 Å². The summed E-state index contributed by atoms with van der Waals surface area (Å²) in [5, 5.41) is 1.07. The predicted molar refractivity (Wildman–Crippen MR) is 78.4 cm³/mol. The summed E-state index contributed by atoms with van der Waals surface area (Å²) in [7, 11) is 0. The average Bonchev–Trinajstić information content (AvgIpc) is 2.44. The van der Waals surface area contributed by atoms with E-state index in [1.165, 1.54) is 0 Å². The van der Waals surface area contributed by atoms with Gasteiger partial charge >= 0.3 is 0 Å². The van der Waals surface area contributed by atoms with E-state index in [4.69, 9.17) is 33.8 Å². The molecule has 2 unspecified atom stereocenters. The predicted octanol–water partition coefficient (Wildman–Crippen LogP) is 2.22. The lowest BCUT2D eigenvalue weighted by atomic mass is 10.0. The summed E-state index contributed by atoms with van der Waals surface area (Å²) in [5.41, 5.74) is 3.81. The van der Waals surface area contributed by atoms with Crippen molar-refractivity contribution in [2.45, 2.75) is 19.1 Å². The zero-order chi connectivity index (χ0) is 13.8. The van der Waals surface area contributed by atoms with Gasteiger partial charge in [0.15, 0.2) is 0 Å². The Morgan fingerprint density at radius 3 is 2.89 bits per heavy atom. The van der Waals surface area contributed by atoms with Crippen molar-refractivity contribution < 1.29 is 4.74 Å². The van der Waals surface area contributed by atoms with E-state index >= 15 is 0 Å². The van der Waals surface area contributed by atoms with Gasteiger partial charge in [0.25, 0.3) is 0 Å². The summed E-state index contributed by atoms with van der Waals surface area (Å²) >= 11 is 12.0. The Kier molecular flexibility index (Phi) is 5.45. The maximum Gasteiger partial charge on any atom is 0.0909 e. The molecular formula is C13H19Cl2N3O. The van der Waals surface area contributed by atoms with Crippen LogP contribution >= 0.6 is 23.2 Å². The highest BCUT2D eigenvalue weighted by Crippen LogP contribution is 2.28. The second-order valence-corrected chi connectivity index (χ2v) is 5.43. The van der Waals surface area contributed by atoms with Crippen molar-refractivity contribution in [1.29, 1.82) is 0 Å². The summed E-state index contributed by atoms with van der Waals surface area (Å²) < 4.78 is 5.83. The van der Waals surface area contributed by atoms with Gasteiger partial charge in [0.1, 0.15) is 0 Å². The minimum atomic E-state index is -0.0934. The number of nitrogens with zero attached hydrogens (tertiary/aromatic N) is 1. The van der Waals surface area contributed by atoms with E-state index < -0.39 is 0 Å². The summed E-state index contributed by atoms with van der Waals surface area (Å²) in [5.74, 6) is 5.69. The molecule has 1 aromatic carbocycles. The SMILES string of the molecule is CCN1CCOC(C(NN)c2ccc(Cl)c(Cl)c2)C1. The second kappa shape index (κ2) is 6.88. The Morgan fingerprint density at radius 1 is 1.47 bits per heavy atom. The van der Waals surface area contributed by atoms with E-state index in [0.717, 1.165) is 31.8 Å². The van der Waals surface area contributed by atoms with Gasteiger partial charge in [0, 0.05) is 13.1 Å². The fourth-order valence-corrected chi connectivity index (χ4v) is 2.65. The molecule has 6 heteroatoms. The van der Waals surface area contributed by atoms with Gasteiger partial charge in [-0.2, -0.15) is 0 Å². The molecule has 4 nitrogen and oxygen atoms in total. The molecule has 106 valence electrons. The number of rotatable bonds is 4. The van der Waals surface area contributed by atoms with Gasteiger partial charge in [-0.25, -0.2) is 0 Å². The standard InChI is InChI=1S/C13H19Cl2N3O/c1-2-18-5-6-19-12(8-18)13(17-16)9-3-4-10(14)11(15)7-9/h3-4,7,12-13,17H,2,5-6,8,16H2,1H3. The number of halogens is 2. The van der Waals surface area contributed by atoms with Gasteiger partial charge < -0.3 is 4.74 Å². The maximum atomic E-state index is 6.06. The van der Waals surface area contributed by atoms with Gasteiger partial charge in [0.05, 0.1) is 28.8 Å². The fourth-order valence-electron chi connectivity index (χ4n) is 2.34. The van der Waals surface area contributed by atoms with E-state index in [9.17, 15) is 0 Å². The van der Waals surface area contributed by atoms with Gasteiger partial charge in [-0.15, -0.1) is 0 Å². The molecule has 0 spiro atoms. The Labute approximate surface area is 123 Å². The lowest BCUT2D eigenvalue weighted by Gasteiger charge is -2.36. The molecule has 2 atom stereocenters. The molecule has 3 N–H and O–H groups in total.